The van der Waals surface area contributed by atoms with Gasteiger partial charge >= 0.3 is 0 Å². The van der Waals surface area contributed by atoms with Crippen molar-refractivity contribution in [3.63, 3.8) is 0 Å². The smallest absolute Gasteiger partial charge is 0.244 e. The molecule has 0 bridgehead atoms. The molecular weight excluding hydrogens is 554 g/mol. The summed E-state index contributed by atoms with van der Waals surface area (Å²) in [6.07, 6.45) is 1.35. The minimum absolute atomic E-state index is 0.154. The Morgan fingerprint density at radius 2 is 1.54 bits per heavy atom. The van der Waals surface area contributed by atoms with E-state index in [0.29, 0.717) is 16.7 Å². The molecule has 0 saturated heterocycles. The first-order valence-corrected chi connectivity index (χ1v) is 14.6. The fraction of sp³-hybridized carbons (Fsp3) is 0.286. The molecule has 0 radical (unpaired) electrons. The summed E-state index contributed by atoms with van der Waals surface area (Å²) < 4.78 is 27.2. The van der Waals surface area contributed by atoms with Crippen molar-refractivity contribution >= 4 is 43.5 Å². The zero-order valence-electron chi connectivity index (χ0n) is 21.2. The number of para-hydroxylation sites is 1. The van der Waals surface area contributed by atoms with Gasteiger partial charge in [-0.1, -0.05) is 72.3 Å². The first-order valence-electron chi connectivity index (χ1n) is 12.0. The number of rotatable bonds is 11. The van der Waals surface area contributed by atoms with E-state index in [4.69, 9.17) is 0 Å². The van der Waals surface area contributed by atoms with E-state index in [9.17, 15) is 18.0 Å². The van der Waals surface area contributed by atoms with E-state index in [1.807, 2.05) is 68.4 Å². The van der Waals surface area contributed by atoms with E-state index in [1.165, 1.54) is 4.90 Å². The van der Waals surface area contributed by atoms with Crippen molar-refractivity contribution in [3.05, 3.63) is 100 Å². The lowest BCUT2D eigenvalue weighted by Crippen LogP contribution is -2.53. The van der Waals surface area contributed by atoms with Crippen LogP contribution in [0.4, 0.5) is 5.69 Å². The zero-order valence-corrected chi connectivity index (χ0v) is 23.6. The number of hydrogen-bond donors (Lipinski definition) is 1. The summed E-state index contributed by atoms with van der Waals surface area (Å²) in [5.74, 6) is -0.771. The predicted molar refractivity (Wildman–Crippen MR) is 151 cm³/mol. The molecule has 0 saturated carbocycles. The molecule has 3 aromatic rings. The molecule has 2 amide bonds. The van der Waals surface area contributed by atoms with Crippen LogP contribution in [0, 0.1) is 6.92 Å². The lowest BCUT2D eigenvalue weighted by Gasteiger charge is -2.33. The average Bonchev–Trinajstić information content (AvgIpc) is 2.86. The number of hydrogen-bond acceptors (Lipinski definition) is 4. The second kappa shape index (κ2) is 12.9. The number of benzene rings is 3. The van der Waals surface area contributed by atoms with E-state index < -0.39 is 28.5 Å². The van der Waals surface area contributed by atoms with Crippen molar-refractivity contribution in [3.8, 4) is 0 Å². The minimum Gasteiger partial charge on any atom is -0.355 e. The maximum absolute atomic E-state index is 13.9. The van der Waals surface area contributed by atoms with E-state index in [0.717, 1.165) is 27.3 Å². The summed E-state index contributed by atoms with van der Waals surface area (Å²) in [6, 6.07) is 23.2. The Morgan fingerprint density at radius 3 is 2.14 bits per heavy atom. The molecule has 0 aromatic heterocycles. The highest BCUT2D eigenvalue weighted by atomic mass is 79.9. The second-order valence-electron chi connectivity index (χ2n) is 8.83. The molecule has 9 heteroatoms. The van der Waals surface area contributed by atoms with Gasteiger partial charge in [-0.3, -0.25) is 13.9 Å². The van der Waals surface area contributed by atoms with Gasteiger partial charge in [0.25, 0.3) is 0 Å². The SMILES string of the molecule is CCNC(=O)[C@H](Cc1ccccc1)N(Cc1ccc(C)cc1)C(=O)CN(c1ccccc1Br)S(C)(=O)=O. The maximum atomic E-state index is 13.9. The number of amides is 2. The van der Waals surface area contributed by atoms with Crippen molar-refractivity contribution in [2.24, 2.45) is 0 Å². The third kappa shape index (κ3) is 7.90. The zero-order chi connectivity index (χ0) is 27.0. The lowest BCUT2D eigenvalue weighted by atomic mass is 10.0. The van der Waals surface area contributed by atoms with Gasteiger partial charge in [-0.15, -0.1) is 0 Å². The van der Waals surface area contributed by atoms with Gasteiger partial charge in [-0.25, -0.2) is 8.42 Å². The molecule has 3 aromatic carbocycles. The highest BCUT2D eigenvalue weighted by Gasteiger charge is 2.33. The van der Waals surface area contributed by atoms with Crippen LogP contribution >= 0.6 is 15.9 Å². The van der Waals surface area contributed by atoms with Crippen LogP contribution in [0.2, 0.25) is 0 Å². The summed E-state index contributed by atoms with van der Waals surface area (Å²) in [7, 11) is -3.81. The number of likely N-dealkylation sites (N-methyl/N-ethyl adjacent to an activating group) is 1. The van der Waals surface area contributed by atoms with Gasteiger partial charge in [0.15, 0.2) is 0 Å². The van der Waals surface area contributed by atoms with Crippen LogP contribution in [-0.4, -0.2) is 50.5 Å². The third-order valence-electron chi connectivity index (χ3n) is 5.90. The Hall–Kier alpha value is -3.17. The highest BCUT2D eigenvalue weighted by Crippen LogP contribution is 2.28. The van der Waals surface area contributed by atoms with Crippen LogP contribution in [0.15, 0.2) is 83.3 Å². The van der Waals surface area contributed by atoms with Crippen molar-refractivity contribution in [1.82, 2.24) is 10.2 Å². The van der Waals surface area contributed by atoms with Gasteiger partial charge in [0, 0.05) is 24.0 Å². The molecule has 3 rings (SSSR count). The van der Waals surface area contributed by atoms with Crippen LogP contribution < -0.4 is 9.62 Å². The molecule has 0 aliphatic heterocycles. The molecule has 0 heterocycles. The number of carbonyl (C=O) groups excluding carboxylic acids is 2. The number of nitrogens with zero attached hydrogens (tertiary/aromatic N) is 2. The number of nitrogens with one attached hydrogen (secondary N) is 1. The first-order chi connectivity index (χ1) is 17.6. The van der Waals surface area contributed by atoms with Gasteiger partial charge in [-0.05, 0) is 53.0 Å². The van der Waals surface area contributed by atoms with Gasteiger partial charge in [0.2, 0.25) is 21.8 Å². The van der Waals surface area contributed by atoms with Gasteiger partial charge < -0.3 is 10.2 Å². The number of halogens is 1. The van der Waals surface area contributed by atoms with Gasteiger partial charge in [0.1, 0.15) is 12.6 Å². The molecule has 37 heavy (non-hydrogen) atoms. The predicted octanol–water partition coefficient (Wildman–Crippen LogP) is 4.30. The van der Waals surface area contributed by atoms with Gasteiger partial charge in [0.05, 0.1) is 11.9 Å². The fourth-order valence-corrected chi connectivity index (χ4v) is 5.46. The quantitative estimate of drug-likeness (QED) is 0.363. The van der Waals surface area contributed by atoms with Crippen LogP contribution in [0.3, 0.4) is 0 Å². The molecule has 196 valence electrons. The molecule has 0 fully saturated rings. The Labute approximate surface area is 227 Å². The monoisotopic (exact) mass is 585 g/mol. The Bertz CT molecular complexity index is 1310. The topological polar surface area (TPSA) is 86.8 Å². The summed E-state index contributed by atoms with van der Waals surface area (Å²) in [5.41, 5.74) is 3.16. The van der Waals surface area contributed by atoms with Crippen LogP contribution in [0.1, 0.15) is 23.6 Å². The largest absolute Gasteiger partial charge is 0.355 e. The lowest BCUT2D eigenvalue weighted by molar-refractivity contribution is -0.140. The van der Waals surface area contributed by atoms with Crippen LogP contribution in [0.25, 0.3) is 0 Å². The number of anilines is 1. The molecular formula is C28H32BrN3O4S. The number of aryl methyl sites for hydroxylation is 1. The molecule has 0 aliphatic rings. The molecule has 7 nitrogen and oxygen atoms in total. The minimum atomic E-state index is -3.81. The van der Waals surface area contributed by atoms with Crippen molar-refractivity contribution < 1.29 is 18.0 Å². The average molecular weight is 587 g/mol. The third-order valence-corrected chi connectivity index (χ3v) is 7.69. The van der Waals surface area contributed by atoms with Gasteiger partial charge in [-0.2, -0.15) is 0 Å². The van der Waals surface area contributed by atoms with Crippen LogP contribution in [0.5, 0.6) is 0 Å². The number of sulfonamides is 1. The van der Waals surface area contributed by atoms with E-state index >= 15 is 0 Å². The fourth-order valence-electron chi connectivity index (χ4n) is 3.98. The molecule has 1 N–H and O–H groups in total. The highest BCUT2D eigenvalue weighted by molar-refractivity contribution is 9.10. The molecule has 0 unspecified atom stereocenters. The normalized spacial score (nSPS) is 12.0. The second-order valence-corrected chi connectivity index (χ2v) is 11.6. The summed E-state index contributed by atoms with van der Waals surface area (Å²) >= 11 is 3.40. The summed E-state index contributed by atoms with van der Waals surface area (Å²) in [5, 5.41) is 2.85. The standard InChI is InChI=1S/C28H32BrN3O4S/c1-4-30-28(34)26(18-22-10-6-5-7-11-22)31(19-23-16-14-21(2)15-17-23)27(33)20-32(37(3,35)36)25-13-9-8-12-24(25)29/h5-17,26H,4,18-20H2,1-3H3,(H,30,34)/t26-/m0/s1. The van der Waals surface area contributed by atoms with E-state index in [2.05, 4.69) is 21.2 Å². The first kappa shape index (κ1) is 28.4. The summed E-state index contributed by atoms with van der Waals surface area (Å²) in [4.78, 5) is 28.7. The Kier molecular flexibility index (Phi) is 9.88. The molecule has 0 spiro atoms. The maximum Gasteiger partial charge on any atom is 0.244 e. The van der Waals surface area contributed by atoms with Crippen molar-refractivity contribution in [2.45, 2.75) is 32.9 Å². The van der Waals surface area contributed by atoms with Crippen molar-refractivity contribution in [2.75, 3.05) is 23.7 Å². The summed E-state index contributed by atoms with van der Waals surface area (Å²) in [6.45, 7) is 3.91. The Morgan fingerprint density at radius 1 is 0.919 bits per heavy atom. The molecule has 0 aliphatic carbocycles. The van der Waals surface area contributed by atoms with E-state index in [1.54, 1.807) is 24.3 Å². The van der Waals surface area contributed by atoms with Crippen LogP contribution in [-0.2, 0) is 32.6 Å². The number of carbonyl (C=O) groups is 2. The molecule has 1 atom stereocenters. The van der Waals surface area contributed by atoms with Crippen molar-refractivity contribution in [1.29, 1.82) is 0 Å². The Balaban J connectivity index is 2.04. The van der Waals surface area contributed by atoms with E-state index in [-0.39, 0.29) is 18.9 Å².